The fraction of sp³-hybridized carbons (Fsp3) is 0.444. The second-order valence-corrected chi connectivity index (χ2v) is 6.27. The number of carboxylic acid groups (broad SMARTS) is 1. The Labute approximate surface area is 129 Å². The molecule has 1 atom stereocenters. The van der Waals surface area contributed by atoms with Gasteiger partial charge in [-0.25, -0.2) is 0 Å². The summed E-state index contributed by atoms with van der Waals surface area (Å²) in [5.74, 6) is -0.750. The van der Waals surface area contributed by atoms with Crippen LogP contribution < -0.4 is 0 Å². The molecular weight excluding hydrogens is 276 g/mol. The highest BCUT2D eigenvalue weighted by atomic mass is 16.4. The van der Waals surface area contributed by atoms with E-state index in [4.69, 9.17) is 0 Å². The summed E-state index contributed by atoms with van der Waals surface area (Å²) in [4.78, 5) is 14.9. The van der Waals surface area contributed by atoms with Crippen molar-refractivity contribution in [1.82, 2.24) is 4.98 Å². The number of hydrogen-bond acceptors (Lipinski definition) is 2. The number of aromatic amines is 1. The lowest BCUT2D eigenvalue weighted by atomic mass is 9.68. The highest BCUT2D eigenvalue weighted by molar-refractivity contribution is 5.91. The number of benzene rings is 1. The monoisotopic (exact) mass is 296 g/mol. The van der Waals surface area contributed by atoms with E-state index in [-0.39, 0.29) is 11.8 Å². The van der Waals surface area contributed by atoms with Gasteiger partial charge in [0.2, 0.25) is 0 Å². The summed E-state index contributed by atoms with van der Waals surface area (Å²) in [5, 5.41) is 19.8. The molecular formula is C18H20N2O2. The first-order valence-electron chi connectivity index (χ1n) is 7.87. The maximum atomic E-state index is 11.4. The highest BCUT2D eigenvalue weighted by Crippen LogP contribution is 2.46. The Kier molecular flexibility index (Phi) is 3.66. The van der Waals surface area contributed by atoms with E-state index >= 15 is 0 Å². The summed E-state index contributed by atoms with van der Waals surface area (Å²) < 4.78 is 0. The molecule has 22 heavy (non-hydrogen) atoms. The van der Waals surface area contributed by atoms with E-state index in [1.807, 2.05) is 18.2 Å². The van der Waals surface area contributed by atoms with Crippen molar-refractivity contribution in [2.75, 3.05) is 0 Å². The molecule has 4 nitrogen and oxygen atoms in total. The highest BCUT2D eigenvalue weighted by Gasteiger charge is 2.40. The summed E-state index contributed by atoms with van der Waals surface area (Å²) >= 11 is 0. The number of carbonyl (C=O) groups is 1. The van der Waals surface area contributed by atoms with Gasteiger partial charge in [-0.05, 0) is 43.4 Å². The molecule has 2 N–H and O–H groups in total. The molecule has 2 aromatic rings. The minimum absolute atomic E-state index is 0.155. The molecule has 0 saturated heterocycles. The van der Waals surface area contributed by atoms with Gasteiger partial charge < -0.3 is 10.1 Å². The zero-order valence-electron chi connectivity index (χ0n) is 12.8. The van der Waals surface area contributed by atoms with Crippen LogP contribution in [0.5, 0.6) is 0 Å². The van der Waals surface area contributed by atoms with Crippen LogP contribution in [-0.4, -0.2) is 16.1 Å². The van der Waals surface area contributed by atoms with Gasteiger partial charge in [0.25, 0.3) is 0 Å². The molecule has 0 aliphatic heterocycles. The second kappa shape index (κ2) is 5.49. The van der Waals surface area contributed by atoms with Gasteiger partial charge in [0, 0.05) is 22.0 Å². The van der Waals surface area contributed by atoms with Crippen LogP contribution in [0.25, 0.3) is 10.9 Å². The van der Waals surface area contributed by atoms with Crippen molar-refractivity contribution in [3.8, 4) is 6.07 Å². The van der Waals surface area contributed by atoms with Crippen LogP contribution >= 0.6 is 0 Å². The van der Waals surface area contributed by atoms with Crippen LogP contribution in [0.1, 0.15) is 55.8 Å². The molecule has 0 fully saturated rings. The maximum Gasteiger partial charge on any atom is 0.304 e. The van der Waals surface area contributed by atoms with Crippen LogP contribution in [0.4, 0.5) is 0 Å². The number of aromatic nitrogens is 1. The number of nitriles is 1. The lowest BCUT2D eigenvalue weighted by Crippen LogP contribution is -2.33. The van der Waals surface area contributed by atoms with Crippen LogP contribution in [0.2, 0.25) is 0 Å². The van der Waals surface area contributed by atoms with Gasteiger partial charge in [-0.2, -0.15) is 5.26 Å². The number of nitrogens with one attached hydrogen (secondary N) is 1. The van der Waals surface area contributed by atoms with E-state index in [9.17, 15) is 15.2 Å². The van der Waals surface area contributed by atoms with E-state index in [2.05, 4.69) is 18.0 Å². The van der Waals surface area contributed by atoms with Crippen LogP contribution in [-0.2, 0) is 16.6 Å². The van der Waals surface area contributed by atoms with E-state index in [1.54, 1.807) is 0 Å². The third-order valence-corrected chi connectivity index (χ3v) is 4.88. The van der Waals surface area contributed by atoms with Crippen molar-refractivity contribution in [3.05, 3.63) is 35.0 Å². The Balaban J connectivity index is 2.25. The molecule has 1 heterocycles. The van der Waals surface area contributed by atoms with Crippen molar-refractivity contribution < 1.29 is 9.90 Å². The topological polar surface area (TPSA) is 76.9 Å². The van der Waals surface area contributed by atoms with Gasteiger partial charge >= 0.3 is 5.97 Å². The van der Waals surface area contributed by atoms with E-state index in [1.165, 1.54) is 0 Å². The van der Waals surface area contributed by atoms with E-state index in [0.717, 1.165) is 54.3 Å². The number of aryl methyl sites for hydroxylation is 1. The molecule has 1 unspecified atom stereocenters. The van der Waals surface area contributed by atoms with Crippen LogP contribution in [0.3, 0.4) is 0 Å². The smallest absolute Gasteiger partial charge is 0.304 e. The van der Waals surface area contributed by atoms with Crippen molar-refractivity contribution in [1.29, 1.82) is 5.26 Å². The molecule has 0 saturated carbocycles. The van der Waals surface area contributed by atoms with Crippen molar-refractivity contribution in [2.45, 2.75) is 50.9 Å². The Bertz CT molecular complexity index is 769. The number of H-pyrrole nitrogens is 1. The number of aliphatic carboxylic acids is 1. The van der Waals surface area contributed by atoms with Gasteiger partial charge in [-0.3, -0.25) is 4.79 Å². The summed E-state index contributed by atoms with van der Waals surface area (Å²) in [5.41, 5.74) is 3.53. The lowest BCUT2D eigenvalue weighted by Gasteiger charge is -2.36. The minimum atomic E-state index is -0.750. The molecule has 0 spiro atoms. The summed E-state index contributed by atoms with van der Waals surface area (Å²) in [7, 11) is 0. The average Bonchev–Trinajstić information content (AvgIpc) is 2.87. The molecule has 0 amide bonds. The fourth-order valence-corrected chi connectivity index (χ4v) is 4.12. The molecule has 114 valence electrons. The van der Waals surface area contributed by atoms with Gasteiger partial charge in [-0.1, -0.05) is 19.4 Å². The molecule has 3 rings (SSSR count). The quantitative estimate of drug-likeness (QED) is 0.898. The number of fused-ring (bicyclic) bond motifs is 3. The first kappa shape index (κ1) is 14.6. The van der Waals surface area contributed by atoms with Gasteiger partial charge in [-0.15, -0.1) is 0 Å². The minimum Gasteiger partial charge on any atom is -0.481 e. The number of hydrogen-bond donors (Lipinski definition) is 2. The average molecular weight is 296 g/mol. The maximum absolute atomic E-state index is 11.4. The Morgan fingerprint density at radius 1 is 1.50 bits per heavy atom. The first-order chi connectivity index (χ1) is 10.6. The molecule has 1 aromatic carbocycles. The zero-order valence-corrected chi connectivity index (χ0v) is 12.8. The molecule has 0 radical (unpaired) electrons. The summed E-state index contributed by atoms with van der Waals surface area (Å²) in [6.45, 7) is 2.10. The largest absolute Gasteiger partial charge is 0.481 e. The number of carboxylic acids is 1. The lowest BCUT2D eigenvalue weighted by molar-refractivity contribution is -0.138. The summed E-state index contributed by atoms with van der Waals surface area (Å²) in [6, 6.07) is 7.96. The number of rotatable bonds is 4. The van der Waals surface area contributed by atoms with Gasteiger partial charge in [0.15, 0.2) is 0 Å². The zero-order chi connectivity index (χ0) is 15.7. The third-order valence-electron chi connectivity index (χ3n) is 4.88. The predicted molar refractivity (Wildman–Crippen MR) is 84.8 cm³/mol. The van der Waals surface area contributed by atoms with Crippen LogP contribution in [0, 0.1) is 11.3 Å². The van der Waals surface area contributed by atoms with Gasteiger partial charge in [0.1, 0.15) is 0 Å². The van der Waals surface area contributed by atoms with Crippen molar-refractivity contribution in [3.63, 3.8) is 0 Å². The first-order valence-corrected chi connectivity index (χ1v) is 7.87. The van der Waals surface area contributed by atoms with Crippen LogP contribution in [0.15, 0.2) is 18.2 Å². The predicted octanol–water partition coefficient (Wildman–Crippen LogP) is 3.89. The molecule has 1 aliphatic carbocycles. The summed E-state index contributed by atoms with van der Waals surface area (Å²) in [6.07, 6.45) is 4.76. The second-order valence-electron chi connectivity index (χ2n) is 6.27. The SMILES string of the molecule is CCCC1(CC(=O)O)CCCc2c1[nH]c1cccc(C#N)c21. The van der Waals surface area contributed by atoms with Crippen molar-refractivity contribution in [2.24, 2.45) is 0 Å². The van der Waals surface area contributed by atoms with Crippen molar-refractivity contribution >= 4 is 16.9 Å². The standard InChI is InChI=1S/C18H20N2O2/c1-2-8-18(10-15(21)22)9-4-6-13-16-12(11-19)5-3-7-14(16)20-17(13)18/h3,5,7,20H,2,4,6,8-10H2,1H3,(H,21,22). The number of nitrogens with zero attached hydrogens (tertiary/aromatic N) is 1. The Morgan fingerprint density at radius 3 is 3.00 bits per heavy atom. The van der Waals surface area contributed by atoms with Gasteiger partial charge in [0.05, 0.1) is 18.1 Å². The third kappa shape index (κ3) is 2.18. The Morgan fingerprint density at radius 2 is 2.32 bits per heavy atom. The van der Waals surface area contributed by atoms with E-state index < -0.39 is 5.97 Å². The normalized spacial score (nSPS) is 20.5. The molecule has 1 aromatic heterocycles. The molecule has 1 aliphatic rings. The fourth-order valence-electron chi connectivity index (χ4n) is 4.12. The van der Waals surface area contributed by atoms with E-state index in [0.29, 0.717) is 5.56 Å². The molecule has 4 heteroatoms. The molecule has 0 bridgehead atoms. The Hall–Kier alpha value is -2.28.